The maximum Gasteiger partial charge on any atom is 0.167 e. The SMILES string of the molecule is CN=C1CCCC(=O)C1=CO. The molecule has 60 valence electrons. The topological polar surface area (TPSA) is 49.7 Å². The molecule has 0 unspecified atom stereocenters. The number of Topliss-reactive ketones (excluding diaryl/α,β-unsaturated/α-hetero) is 1. The molecule has 0 heterocycles. The van der Waals surface area contributed by atoms with Gasteiger partial charge in [-0.25, -0.2) is 0 Å². The van der Waals surface area contributed by atoms with Gasteiger partial charge in [0.1, 0.15) is 0 Å². The van der Waals surface area contributed by atoms with Gasteiger partial charge in [-0.05, 0) is 12.8 Å². The molecular formula is C8H11NO2. The molecule has 0 radical (unpaired) electrons. The van der Waals surface area contributed by atoms with Gasteiger partial charge in [0.25, 0.3) is 0 Å². The van der Waals surface area contributed by atoms with Crippen LogP contribution in [0.4, 0.5) is 0 Å². The van der Waals surface area contributed by atoms with Crippen LogP contribution in [0.2, 0.25) is 0 Å². The summed E-state index contributed by atoms with van der Waals surface area (Å²) in [5, 5.41) is 8.70. The van der Waals surface area contributed by atoms with Crippen molar-refractivity contribution in [3.63, 3.8) is 0 Å². The molecule has 0 aromatic rings. The van der Waals surface area contributed by atoms with E-state index in [1.54, 1.807) is 7.05 Å². The van der Waals surface area contributed by atoms with Gasteiger partial charge in [0.15, 0.2) is 5.78 Å². The van der Waals surface area contributed by atoms with E-state index in [1.165, 1.54) is 0 Å². The summed E-state index contributed by atoms with van der Waals surface area (Å²) in [6, 6.07) is 0. The minimum absolute atomic E-state index is 0.000602. The molecule has 0 bridgehead atoms. The lowest BCUT2D eigenvalue weighted by molar-refractivity contribution is -0.115. The van der Waals surface area contributed by atoms with Crippen LogP contribution in [-0.4, -0.2) is 23.6 Å². The fourth-order valence-electron chi connectivity index (χ4n) is 1.23. The van der Waals surface area contributed by atoms with Crippen LogP contribution in [-0.2, 0) is 4.79 Å². The van der Waals surface area contributed by atoms with Crippen molar-refractivity contribution >= 4 is 11.5 Å². The molecule has 1 fully saturated rings. The molecule has 0 amide bonds. The second-order valence-corrected chi connectivity index (χ2v) is 2.49. The lowest BCUT2D eigenvalue weighted by Gasteiger charge is -2.13. The first-order valence-electron chi connectivity index (χ1n) is 3.63. The highest BCUT2D eigenvalue weighted by atomic mass is 16.2. The third kappa shape index (κ3) is 1.48. The van der Waals surface area contributed by atoms with E-state index in [0.29, 0.717) is 12.0 Å². The molecule has 1 N–H and O–H groups in total. The van der Waals surface area contributed by atoms with Gasteiger partial charge in [0.2, 0.25) is 0 Å². The number of aliphatic hydroxyl groups is 1. The third-order valence-corrected chi connectivity index (χ3v) is 1.83. The van der Waals surface area contributed by atoms with Gasteiger partial charge < -0.3 is 5.11 Å². The number of aliphatic imine (C=N–C) groups is 1. The van der Waals surface area contributed by atoms with Crippen molar-refractivity contribution in [3.8, 4) is 0 Å². The van der Waals surface area contributed by atoms with Crippen molar-refractivity contribution in [2.45, 2.75) is 19.3 Å². The Kier molecular flexibility index (Phi) is 2.41. The van der Waals surface area contributed by atoms with Crippen molar-refractivity contribution in [2.75, 3.05) is 7.05 Å². The number of hydrogen-bond donors (Lipinski definition) is 1. The van der Waals surface area contributed by atoms with E-state index in [9.17, 15) is 4.79 Å². The molecule has 0 saturated heterocycles. The zero-order valence-electron chi connectivity index (χ0n) is 6.50. The van der Waals surface area contributed by atoms with Crippen LogP contribution >= 0.6 is 0 Å². The summed E-state index contributed by atoms with van der Waals surface area (Å²) in [4.78, 5) is 15.0. The van der Waals surface area contributed by atoms with E-state index in [2.05, 4.69) is 4.99 Å². The van der Waals surface area contributed by atoms with E-state index in [-0.39, 0.29) is 5.78 Å². The normalized spacial score (nSPS) is 26.5. The van der Waals surface area contributed by atoms with E-state index >= 15 is 0 Å². The van der Waals surface area contributed by atoms with Crippen LogP contribution in [0.3, 0.4) is 0 Å². The quantitative estimate of drug-likeness (QED) is 0.420. The van der Waals surface area contributed by atoms with Crippen molar-refractivity contribution in [3.05, 3.63) is 11.8 Å². The molecule has 11 heavy (non-hydrogen) atoms. The first-order valence-corrected chi connectivity index (χ1v) is 3.63. The van der Waals surface area contributed by atoms with Crippen LogP contribution < -0.4 is 0 Å². The zero-order chi connectivity index (χ0) is 8.27. The summed E-state index contributed by atoms with van der Waals surface area (Å²) in [5.41, 5.74) is 1.11. The van der Waals surface area contributed by atoms with Gasteiger partial charge >= 0.3 is 0 Å². The Morgan fingerprint density at radius 1 is 1.55 bits per heavy atom. The lowest BCUT2D eigenvalue weighted by atomic mass is 9.92. The standard InChI is InChI=1S/C8H11NO2/c1-9-7-3-2-4-8(11)6(7)5-10/h5,10H,2-4H2,1H3. The number of rotatable bonds is 0. The molecule has 0 aromatic heterocycles. The average Bonchev–Trinajstić information content (AvgIpc) is 2.04. The third-order valence-electron chi connectivity index (χ3n) is 1.83. The molecular weight excluding hydrogens is 142 g/mol. The van der Waals surface area contributed by atoms with Crippen molar-refractivity contribution < 1.29 is 9.90 Å². The monoisotopic (exact) mass is 153 g/mol. The molecule has 1 aliphatic rings. The fourth-order valence-corrected chi connectivity index (χ4v) is 1.23. The molecule has 1 rings (SSSR count). The summed E-state index contributed by atoms with van der Waals surface area (Å²) in [5.74, 6) is -0.000602. The zero-order valence-corrected chi connectivity index (χ0v) is 6.50. The van der Waals surface area contributed by atoms with Crippen LogP contribution in [0.1, 0.15) is 19.3 Å². The number of ketones is 1. The van der Waals surface area contributed by atoms with E-state index < -0.39 is 0 Å². The Hall–Kier alpha value is -1.12. The summed E-state index contributed by atoms with van der Waals surface area (Å²) in [6.07, 6.45) is 3.05. The van der Waals surface area contributed by atoms with Gasteiger partial charge in [-0.15, -0.1) is 0 Å². The van der Waals surface area contributed by atoms with Gasteiger partial charge in [-0.2, -0.15) is 0 Å². The van der Waals surface area contributed by atoms with Crippen LogP contribution in [0.5, 0.6) is 0 Å². The smallest absolute Gasteiger partial charge is 0.167 e. The second-order valence-electron chi connectivity index (χ2n) is 2.49. The number of carbonyl (C=O) groups is 1. The molecule has 0 aromatic carbocycles. The Bertz CT molecular complexity index is 228. The highest BCUT2D eigenvalue weighted by Crippen LogP contribution is 2.16. The van der Waals surface area contributed by atoms with E-state index in [4.69, 9.17) is 5.11 Å². The molecule has 0 atom stereocenters. The Morgan fingerprint density at radius 2 is 2.27 bits per heavy atom. The molecule has 3 nitrogen and oxygen atoms in total. The highest BCUT2D eigenvalue weighted by Gasteiger charge is 2.20. The Labute approximate surface area is 65.4 Å². The number of nitrogens with zero attached hydrogens (tertiary/aromatic N) is 1. The maximum atomic E-state index is 11.1. The van der Waals surface area contributed by atoms with E-state index in [1.807, 2.05) is 0 Å². The van der Waals surface area contributed by atoms with Gasteiger partial charge in [0.05, 0.1) is 11.8 Å². The minimum Gasteiger partial charge on any atom is -0.515 e. The highest BCUT2D eigenvalue weighted by molar-refractivity contribution is 6.23. The predicted octanol–water partition coefficient (Wildman–Crippen LogP) is 1.25. The molecule has 1 saturated carbocycles. The predicted molar refractivity (Wildman–Crippen MR) is 42.9 cm³/mol. The van der Waals surface area contributed by atoms with Crippen molar-refractivity contribution in [1.29, 1.82) is 0 Å². The van der Waals surface area contributed by atoms with Gasteiger partial charge in [0, 0.05) is 19.2 Å². The summed E-state index contributed by atoms with van der Waals surface area (Å²) in [6.45, 7) is 0. The average molecular weight is 153 g/mol. The second kappa shape index (κ2) is 3.32. The van der Waals surface area contributed by atoms with Gasteiger partial charge in [-0.1, -0.05) is 0 Å². The molecule has 0 spiro atoms. The number of allylic oxidation sites excluding steroid dienone is 1. The van der Waals surface area contributed by atoms with Crippen molar-refractivity contribution in [2.24, 2.45) is 4.99 Å². The number of carbonyl (C=O) groups excluding carboxylic acids is 1. The van der Waals surface area contributed by atoms with Crippen LogP contribution in [0.15, 0.2) is 16.8 Å². The van der Waals surface area contributed by atoms with Crippen LogP contribution in [0, 0.1) is 0 Å². The molecule has 3 heteroatoms. The summed E-state index contributed by atoms with van der Waals surface area (Å²) >= 11 is 0. The molecule has 0 aliphatic heterocycles. The number of aliphatic hydroxyl groups excluding tert-OH is 1. The van der Waals surface area contributed by atoms with Crippen molar-refractivity contribution in [1.82, 2.24) is 0 Å². The maximum absolute atomic E-state index is 11.1. The first-order chi connectivity index (χ1) is 5.29. The minimum atomic E-state index is -0.000602. The summed E-state index contributed by atoms with van der Waals surface area (Å²) < 4.78 is 0. The number of hydrogen-bond acceptors (Lipinski definition) is 3. The van der Waals surface area contributed by atoms with Gasteiger partial charge in [-0.3, -0.25) is 9.79 Å². The summed E-state index contributed by atoms with van der Waals surface area (Å²) in [7, 11) is 1.64. The van der Waals surface area contributed by atoms with E-state index in [0.717, 1.165) is 24.8 Å². The Balaban J connectivity index is 2.90. The largest absolute Gasteiger partial charge is 0.515 e. The Morgan fingerprint density at radius 3 is 2.73 bits per heavy atom. The first kappa shape index (κ1) is 7.98. The molecule has 1 aliphatic carbocycles. The fraction of sp³-hybridized carbons (Fsp3) is 0.500. The van der Waals surface area contributed by atoms with Crippen LogP contribution in [0.25, 0.3) is 0 Å². The lowest BCUT2D eigenvalue weighted by Crippen LogP contribution is -2.18.